The van der Waals surface area contributed by atoms with E-state index in [9.17, 15) is 13.6 Å². The molecule has 0 unspecified atom stereocenters. The quantitative estimate of drug-likeness (QED) is 0.485. The zero-order valence-electron chi connectivity index (χ0n) is 12.5. The summed E-state index contributed by atoms with van der Waals surface area (Å²) in [5, 5.41) is 10.5. The van der Waals surface area contributed by atoms with Gasteiger partial charge in [-0.25, -0.2) is 8.78 Å². The molecule has 0 aliphatic rings. The second-order valence-electron chi connectivity index (χ2n) is 4.84. The molecule has 3 aromatic rings. The van der Waals surface area contributed by atoms with Crippen molar-refractivity contribution < 1.29 is 13.6 Å². The van der Waals surface area contributed by atoms with Gasteiger partial charge in [0, 0.05) is 5.75 Å². The number of aromatic nitrogens is 2. The zero-order chi connectivity index (χ0) is 17.8. The van der Waals surface area contributed by atoms with E-state index in [0.29, 0.717) is 10.1 Å². The summed E-state index contributed by atoms with van der Waals surface area (Å²) in [5.74, 6) is -1.19. The van der Waals surface area contributed by atoms with Crippen LogP contribution in [0.5, 0.6) is 0 Å². The summed E-state index contributed by atoms with van der Waals surface area (Å²) in [5.41, 5.74) is 0.567. The summed E-state index contributed by atoms with van der Waals surface area (Å²) in [6, 6.07) is 10.3. The van der Waals surface area contributed by atoms with Gasteiger partial charge in [-0.1, -0.05) is 52.9 Å². The molecule has 1 aromatic heterocycles. The Morgan fingerprint density at radius 1 is 1.20 bits per heavy atom. The van der Waals surface area contributed by atoms with Crippen molar-refractivity contribution >= 4 is 45.7 Å². The Morgan fingerprint density at radius 2 is 2.00 bits per heavy atom. The van der Waals surface area contributed by atoms with Gasteiger partial charge in [0.15, 0.2) is 4.34 Å². The molecule has 2 aromatic carbocycles. The Bertz CT molecular complexity index is 900. The molecule has 3 rings (SSSR count). The number of nitrogens with one attached hydrogen (secondary N) is 1. The van der Waals surface area contributed by atoms with E-state index in [2.05, 4.69) is 15.5 Å². The van der Waals surface area contributed by atoms with Crippen LogP contribution < -0.4 is 5.32 Å². The van der Waals surface area contributed by atoms with Gasteiger partial charge in [-0.15, -0.1) is 10.2 Å². The van der Waals surface area contributed by atoms with E-state index in [4.69, 9.17) is 11.6 Å². The van der Waals surface area contributed by atoms with Gasteiger partial charge in [0.1, 0.15) is 11.6 Å². The average molecular weight is 398 g/mol. The minimum absolute atomic E-state index is 0.0164. The third kappa shape index (κ3) is 4.53. The Morgan fingerprint density at radius 3 is 2.76 bits per heavy atom. The van der Waals surface area contributed by atoms with Crippen LogP contribution in [0.25, 0.3) is 0 Å². The lowest BCUT2D eigenvalue weighted by Gasteiger charge is -2.04. The lowest BCUT2D eigenvalue weighted by atomic mass is 10.2. The normalized spacial score (nSPS) is 10.7. The minimum Gasteiger partial charge on any atom is -0.296 e. The van der Waals surface area contributed by atoms with Gasteiger partial charge >= 0.3 is 0 Å². The molecule has 128 valence electrons. The fourth-order valence-corrected chi connectivity index (χ4v) is 3.90. The number of thioether (sulfide) groups is 1. The number of nitrogens with zero attached hydrogens (tertiary/aromatic N) is 2. The molecule has 0 aliphatic carbocycles. The lowest BCUT2D eigenvalue weighted by molar-refractivity contribution is 0.102. The highest BCUT2D eigenvalue weighted by molar-refractivity contribution is 8.00. The van der Waals surface area contributed by atoms with Crippen LogP contribution in [-0.2, 0) is 5.75 Å². The van der Waals surface area contributed by atoms with Gasteiger partial charge < -0.3 is 0 Å². The second-order valence-corrected chi connectivity index (χ2v) is 7.45. The first-order valence-corrected chi connectivity index (χ1v) is 9.17. The maximum absolute atomic E-state index is 13.7. The van der Waals surface area contributed by atoms with Crippen molar-refractivity contribution in [2.24, 2.45) is 0 Å². The maximum atomic E-state index is 13.7. The summed E-state index contributed by atoms with van der Waals surface area (Å²) in [7, 11) is 0. The van der Waals surface area contributed by atoms with Crippen LogP contribution in [0.4, 0.5) is 13.9 Å². The first-order chi connectivity index (χ1) is 12.0. The van der Waals surface area contributed by atoms with E-state index in [0.717, 1.165) is 23.0 Å². The van der Waals surface area contributed by atoms with E-state index >= 15 is 0 Å². The highest BCUT2D eigenvalue weighted by atomic mass is 35.5. The fourth-order valence-electron chi connectivity index (χ4n) is 1.96. The van der Waals surface area contributed by atoms with Crippen LogP contribution in [0, 0.1) is 11.6 Å². The van der Waals surface area contributed by atoms with Crippen molar-refractivity contribution in [3.05, 3.63) is 70.2 Å². The highest BCUT2D eigenvalue weighted by Crippen LogP contribution is 2.29. The van der Waals surface area contributed by atoms with Gasteiger partial charge in [0.2, 0.25) is 5.13 Å². The van der Waals surface area contributed by atoms with Crippen molar-refractivity contribution in [1.82, 2.24) is 10.2 Å². The number of hydrogen-bond acceptors (Lipinski definition) is 5. The predicted molar refractivity (Wildman–Crippen MR) is 95.2 cm³/mol. The van der Waals surface area contributed by atoms with Crippen LogP contribution >= 0.6 is 34.7 Å². The van der Waals surface area contributed by atoms with Crippen LogP contribution in [0.3, 0.4) is 0 Å². The van der Waals surface area contributed by atoms with E-state index in [1.54, 1.807) is 12.1 Å². The van der Waals surface area contributed by atoms with E-state index in [1.807, 2.05) is 0 Å². The van der Waals surface area contributed by atoms with Crippen molar-refractivity contribution in [3.8, 4) is 0 Å². The molecule has 0 spiro atoms. The van der Waals surface area contributed by atoms with Crippen molar-refractivity contribution in [3.63, 3.8) is 0 Å². The minimum atomic E-state index is -0.713. The molecule has 4 nitrogen and oxygen atoms in total. The number of amides is 1. The molecule has 1 heterocycles. The molecule has 0 fully saturated rings. The Hall–Kier alpha value is -2.03. The van der Waals surface area contributed by atoms with Crippen LogP contribution in [-0.4, -0.2) is 16.1 Å². The molecule has 1 amide bonds. The van der Waals surface area contributed by atoms with Crippen molar-refractivity contribution in [2.45, 2.75) is 10.1 Å². The summed E-state index contributed by atoms with van der Waals surface area (Å²) >= 11 is 8.36. The van der Waals surface area contributed by atoms with Crippen LogP contribution in [0.2, 0.25) is 5.02 Å². The van der Waals surface area contributed by atoms with Gasteiger partial charge in [0.25, 0.3) is 5.91 Å². The summed E-state index contributed by atoms with van der Waals surface area (Å²) in [6.45, 7) is 0. The third-order valence-electron chi connectivity index (χ3n) is 3.07. The first kappa shape index (κ1) is 17.8. The molecule has 0 aliphatic heterocycles. The topological polar surface area (TPSA) is 54.9 Å². The molecular formula is C16H10ClF2N3OS2. The zero-order valence-corrected chi connectivity index (χ0v) is 14.9. The summed E-state index contributed by atoms with van der Waals surface area (Å²) in [6.07, 6.45) is 0. The number of anilines is 1. The molecule has 0 bridgehead atoms. The van der Waals surface area contributed by atoms with Crippen LogP contribution in [0.15, 0.2) is 46.8 Å². The Labute approximate surface area is 155 Å². The average Bonchev–Trinajstić information content (AvgIpc) is 3.00. The standard InChI is InChI=1S/C16H10ClF2N3OS2/c17-11-5-2-6-12(19)13(11)14(23)20-15-21-22-16(25-15)24-8-9-3-1-4-10(18)7-9/h1-7H,8H2,(H,20,21,23). The Balaban J connectivity index is 1.64. The van der Waals surface area contributed by atoms with Crippen molar-refractivity contribution in [2.75, 3.05) is 5.32 Å². The van der Waals surface area contributed by atoms with Gasteiger partial charge in [0.05, 0.1) is 10.6 Å². The lowest BCUT2D eigenvalue weighted by Crippen LogP contribution is -2.14. The number of carbonyl (C=O) groups excluding carboxylic acids is 1. The largest absolute Gasteiger partial charge is 0.296 e. The molecular weight excluding hydrogens is 388 g/mol. The summed E-state index contributed by atoms with van der Waals surface area (Å²) in [4.78, 5) is 12.1. The smallest absolute Gasteiger partial charge is 0.261 e. The number of hydrogen-bond donors (Lipinski definition) is 1. The monoisotopic (exact) mass is 397 g/mol. The summed E-state index contributed by atoms with van der Waals surface area (Å²) < 4.78 is 27.5. The molecule has 0 atom stereocenters. The second kappa shape index (κ2) is 7.90. The van der Waals surface area contributed by atoms with Crippen LogP contribution in [0.1, 0.15) is 15.9 Å². The third-order valence-corrected chi connectivity index (χ3v) is 5.43. The molecule has 25 heavy (non-hydrogen) atoms. The van der Waals surface area contributed by atoms with Gasteiger partial charge in [-0.05, 0) is 29.8 Å². The predicted octanol–water partition coefficient (Wildman–Crippen LogP) is 5.01. The molecule has 9 heteroatoms. The van der Waals surface area contributed by atoms with E-state index in [-0.39, 0.29) is 21.5 Å². The number of halogens is 3. The van der Waals surface area contributed by atoms with E-state index < -0.39 is 11.7 Å². The SMILES string of the molecule is O=C(Nc1nnc(SCc2cccc(F)c2)s1)c1c(F)cccc1Cl. The number of rotatable bonds is 5. The molecule has 0 radical (unpaired) electrons. The van der Waals surface area contributed by atoms with E-state index in [1.165, 1.54) is 36.0 Å². The highest BCUT2D eigenvalue weighted by Gasteiger charge is 2.17. The van der Waals surface area contributed by atoms with Gasteiger partial charge in [-0.2, -0.15) is 0 Å². The molecule has 0 saturated heterocycles. The van der Waals surface area contributed by atoms with Crippen molar-refractivity contribution in [1.29, 1.82) is 0 Å². The Kier molecular flexibility index (Phi) is 5.62. The van der Waals surface area contributed by atoms with Gasteiger partial charge in [-0.3, -0.25) is 10.1 Å². The first-order valence-electron chi connectivity index (χ1n) is 6.99. The number of benzene rings is 2. The number of carbonyl (C=O) groups is 1. The molecule has 0 saturated carbocycles. The molecule has 1 N–H and O–H groups in total. The fraction of sp³-hybridized carbons (Fsp3) is 0.0625. The maximum Gasteiger partial charge on any atom is 0.261 e.